The fourth-order valence-corrected chi connectivity index (χ4v) is 5.55. The fraction of sp³-hybridized carbons (Fsp3) is 0.200. The Morgan fingerprint density at radius 1 is 1.07 bits per heavy atom. The van der Waals surface area contributed by atoms with Crippen molar-refractivity contribution < 1.29 is 27.5 Å². The summed E-state index contributed by atoms with van der Waals surface area (Å²) in [6, 6.07) is 15.9. The van der Waals surface area contributed by atoms with Gasteiger partial charge in [-0.1, -0.05) is 24.3 Å². The molecule has 43 heavy (non-hydrogen) atoms. The Kier molecular flexibility index (Phi) is 8.20. The summed E-state index contributed by atoms with van der Waals surface area (Å²) >= 11 is 1.05. The zero-order chi connectivity index (χ0) is 30.9. The first-order chi connectivity index (χ1) is 20.4. The van der Waals surface area contributed by atoms with Gasteiger partial charge in [0.1, 0.15) is 33.9 Å². The van der Waals surface area contributed by atoms with Crippen LogP contribution in [0.15, 0.2) is 73.2 Å². The number of ether oxygens (including phenoxy) is 1. The van der Waals surface area contributed by atoms with Crippen molar-refractivity contribution >= 4 is 40.0 Å². The molecule has 0 aliphatic heterocycles. The van der Waals surface area contributed by atoms with Crippen LogP contribution in [-0.4, -0.2) is 51.9 Å². The molecule has 0 unspecified atom stereocenters. The molecule has 3 N–H and O–H groups in total. The highest BCUT2D eigenvalue weighted by Crippen LogP contribution is 2.39. The second-order valence-electron chi connectivity index (χ2n) is 10.0. The molecule has 222 valence electrons. The summed E-state index contributed by atoms with van der Waals surface area (Å²) in [7, 11) is 3.60. The van der Waals surface area contributed by atoms with E-state index in [9.17, 15) is 22.8 Å². The maximum atomic E-state index is 13.6. The molecule has 3 heterocycles. The average molecular weight is 609 g/mol. The van der Waals surface area contributed by atoms with Gasteiger partial charge in [-0.05, 0) is 62.5 Å². The number of nitrogens with zero attached hydrogens (tertiary/aromatic N) is 4. The Bertz CT molecular complexity index is 1810. The lowest BCUT2D eigenvalue weighted by Crippen LogP contribution is -2.27. The third kappa shape index (κ3) is 6.52. The van der Waals surface area contributed by atoms with Gasteiger partial charge >= 0.3 is 6.18 Å². The highest BCUT2D eigenvalue weighted by molar-refractivity contribution is 7.16. The maximum Gasteiger partial charge on any atom is 0.416 e. The van der Waals surface area contributed by atoms with Gasteiger partial charge in [0.15, 0.2) is 0 Å². The van der Waals surface area contributed by atoms with Crippen LogP contribution < -0.4 is 15.8 Å². The zero-order valence-electron chi connectivity index (χ0n) is 23.3. The Balaban J connectivity index is 1.43. The van der Waals surface area contributed by atoms with E-state index < -0.39 is 23.8 Å². The van der Waals surface area contributed by atoms with Crippen LogP contribution in [0.3, 0.4) is 0 Å². The molecule has 0 saturated carbocycles. The molecule has 9 nitrogen and oxygen atoms in total. The van der Waals surface area contributed by atoms with E-state index in [1.807, 2.05) is 24.3 Å². The van der Waals surface area contributed by atoms with Crippen LogP contribution in [0, 0.1) is 0 Å². The van der Waals surface area contributed by atoms with E-state index in [1.165, 1.54) is 25.1 Å². The van der Waals surface area contributed by atoms with Crippen molar-refractivity contribution in [2.45, 2.75) is 19.2 Å². The number of rotatable bonds is 9. The number of alkyl halides is 3. The third-order valence-corrected chi connectivity index (χ3v) is 7.65. The molecule has 2 aromatic carbocycles. The number of nitrogens with two attached hydrogens (primary N) is 1. The minimum Gasteiger partial charge on any atom is -0.484 e. The van der Waals surface area contributed by atoms with Gasteiger partial charge in [0.2, 0.25) is 5.91 Å². The zero-order valence-corrected chi connectivity index (χ0v) is 24.2. The molecule has 2 amide bonds. The Hall–Kier alpha value is -4.75. The minimum absolute atomic E-state index is 0.0599. The fourth-order valence-electron chi connectivity index (χ4n) is 4.62. The molecule has 0 radical (unpaired) electrons. The number of likely N-dealkylation sites (N-methyl/N-ethyl adjacent to an activating group) is 1. The summed E-state index contributed by atoms with van der Waals surface area (Å²) < 4.78 is 48.4. The predicted octanol–water partition coefficient (Wildman–Crippen LogP) is 5.91. The first-order valence-corrected chi connectivity index (χ1v) is 13.9. The van der Waals surface area contributed by atoms with Gasteiger partial charge in [0, 0.05) is 17.8 Å². The summed E-state index contributed by atoms with van der Waals surface area (Å²) in [4.78, 5) is 35.0. The largest absolute Gasteiger partial charge is 0.484 e. The molecule has 0 aliphatic rings. The van der Waals surface area contributed by atoms with Gasteiger partial charge in [0.05, 0.1) is 23.1 Å². The topological polar surface area (TPSA) is 115 Å². The lowest BCUT2D eigenvalue weighted by molar-refractivity contribution is -0.139. The van der Waals surface area contributed by atoms with Crippen LogP contribution in [0.25, 0.3) is 27.2 Å². The second-order valence-corrected chi connectivity index (χ2v) is 11.1. The standard InChI is InChI=1S/C30H27F3N6O3S/c1-17(20-6-4-5-7-21(20)30(31,32)33)42-24-14-27(43-28(24)29(34)41)39-16-36-22-12-18(8-9-23(22)39)19-10-11-35-25(13-19)37-26(40)15-38(2)3/h4-14,16-17H,15H2,1-3H3,(H2,34,41)(H,35,37,40)/t17-/m1/s1. The van der Waals surface area contributed by atoms with Gasteiger partial charge in [-0.25, -0.2) is 9.97 Å². The van der Waals surface area contributed by atoms with E-state index in [0.717, 1.165) is 34.0 Å². The number of imidazole rings is 1. The molecule has 0 fully saturated rings. The number of anilines is 1. The van der Waals surface area contributed by atoms with Crippen LogP contribution >= 0.6 is 11.3 Å². The van der Waals surface area contributed by atoms with Gasteiger partial charge in [0.25, 0.3) is 5.91 Å². The highest BCUT2D eigenvalue weighted by Gasteiger charge is 2.35. The van der Waals surface area contributed by atoms with Crippen molar-refractivity contribution in [3.05, 3.63) is 89.2 Å². The monoisotopic (exact) mass is 608 g/mol. The second kappa shape index (κ2) is 11.9. The van der Waals surface area contributed by atoms with Crippen molar-refractivity contribution in [2.24, 2.45) is 5.73 Å². The quantitative estimate of drug-likeness (QED) is 0.215. The molecule has 0 saturated heterocycles. The first-order valence-electron chi connectivity index (χ1n) is 13.1. The summed E-state index contributed by atoms with van der Waals surface area (Å²) in [5.74, 6) is -0.443. The van der Waals surface area contributed by atoms with E-state index in [0.29, 0.717) is 16.3 Å². The first kappa shape index (κ1) is 29.7. The van der Waals surface area contributed by atoms with Gasteiger partial charge in [-0.2, -0.15) is 13.2 Å². The van der Waals surface area contributed by atoms with Gasteiger partial charge in [-0.3, -0.25) is 14.2 Å². The predicted molar refractivity (Wildman–Crippen MR) is 158 cm³/mol. The number of halogens is 3. The number of hydrogen-bond donors (Lipinski definition) is 2. The highest BCUT2D eigenvalue weighted by atomic mass is 32.1. The third-order valence-electron chi connectivity index (χ3n) is 6.52. The van der Waals surface area contributed by atoms with Crippen LogP contribution in [0.4, 0.5) is 19.0 Å². The summed E-state index contributed by atoms with van der Waals surface area (Å²) in [6.45, 7) is 1.71. The number of aromatic nitrogens is 3. The molecule has 13 heteroatoms. The summed E-state index contributed by atoms with van der Waals surface area (Å²) in [6.07, 6.45) is -2.39. The van der Waals surface area contributed by atoms with Crippen molar-refractivity contribution in [1.29, 1.82) is 0 Å². The lowest BCUT2D eigenvalue weighted by atomic mass is 10.0. The summed E-state index contributed by atoms with van der Waals surface area (Å²) in [5, 5.41) is 3.33. The van der Waals surface area contributed by atoms with Crippen molar-refractivity contribution in [2.75, 3.05) is 26.0 Å². The SMILES string of the molecule is C[C@@H](Oc1cc(-n2cnc3cc(-c4ccnc(NC(=O)CN(C)C)c4)ccc32)sc1C(N)=O)c1ccccc1C(F)(F)F. The minimum atomic E-state index is -4.56. The summed E-state index contributed by atoms with van der Waals surface area (Å²) in [5.41, 5.74) is 7.77. The maximum absolute atomic E-state index is 13.6. The molecule has 0 bridgehead atoms. The molecule has 1 atom stereocenters. The molecule has 5 aromatic rings. The normalized spacial score (nSPS) is 12.4. The Morgan fingerprint density at radius 3 is 2.53 bits per heavy atom. The smallest absolute Gasteiger partial charge is 0.416 e. The number of nitrogens with one attached hydrogen (secondary N) is 1. The number of carbonyl (C=O) groups is 2. The number of carbonyl (C=O) groups excluding carboxylic acids is 2. The number of benzene rings is 2. The van der Waals surface area contributed by atoms with Crippen molar-refractivity contribution in [3.8, 4) is 21.9 Å². The van der Waals surface area contributed by atoms with E-state index in [4.69, 9.17) is 10.5 Å². The van der Waals surface area contributed by atoms with Crippen molar-refractivity contribution in [1.82, 2.24) is 19.4 Å². The Labute approximate surface area is 248 Å². The number of fused-ring (bicyclic) bond motifs is 1. The number of primary amides is 1. The van der Waals surface area contributed by atoms with Crippen LogP contribution in [0.1, 0.15) is 33.8 Å². The number of amides is 2. The average Bonchev–Trinajstić information content (AvgIpc) is 3.56. The number of thiophene rings is 1. The van der Waals surface area contributed by atoms with E-state index in [-0.39, 0.29) is 28.6 Å². The number of pyridine rings is 1. The molecule has 5 rings (SSSR count). The van der Waals surface area contributed by atoms with Gasteiger partial charge in [-0.15, -0.1) is 11.3 Å². The Morgan fingerprint density at radius 2 is 1.81 bits per heavy atom. The molecular weight excluding hydrogens is 581 g/mol. The van der Waals surface area contributed by atoms with Crippen LogP contribution in [0.2, 0.25) is 0 Å². The lowest BCUT2D eigenvalue weighted by Gasteiger charge is -2.19. The number of hydrogen-bond acceptors (Lipinski definition) is 7. The van der Waals surface area contributed by atoms with E-state index in [1.54, 1.807) is 48.2 Å². The molecular formula is C30H27F3N6O3S. The molecule has 3 aromatic heterocycles. The van der Waals surface area contributed by atoms with Crippen LogP contribution in [0.5, 0.6) is 5.75 Å². The van der Waals surface area contributed by atoms with Gasteiger partial charge < -0.3 is 20.7 Å². The molecule has 0 spiro atoms. The molecule has 0 aliphatic carbocycles. The van der Waals surface area contributed by atoms with E-state index >= 15 is 0 Å². The van der Waals surface area contributed by atoms with Crippen LogP contribution in [-0.2, 0) is 11.0 Å². The van der Waals surface area contributed by atoms with E-state index in [2.05, 4.69) is 15.3 Å². The van der Waals surface area contributed by atoms with Crippen molar-refractivity contribution in [3.63, 3.8) is 0 Å².